The van der Waals surface area contributed by atoms with Gasteiger partial charge in [0.05, 0.1) is 5.69 Å². The van der Waals surface area contributed by atoms with Gasteiger partial charge in [0.1, 0.15) is 0 Å². The lowest BCUT2D eigenvalue weighted by molar-refractivity contribution is 0.657. The Morgan fingerprint density at radius 3 is 1.96 bits per heavy atom. The van der Waals surface area contributed by atoms with E-state index in [1.54, 1.807) is 0 Å². The summed E-state index contributed by atoms with van der Waals surface area (Å²) in [4.78, 5) is 4.57. The first kappa shape index (κ1) is 17.0. The fourth-order valence-corrected chi connectivity index (χ4v) is 2.16. The number of nitrogens with one attached hydrogen (secondary N) is 1. The number of hydrogen-bond acceptors (Lipinski definition) is 2. The number of para-hydroxylation sites is 2. The van der Waals surface area contributed by atoms with Crippen molar-refractivity contribution in [3.8, 4) is 0 Å². The molecule has 120 valence electrons. The monoisotopic (exact) mass is 306 g/mol. The smallest absolute Gasteiger partial charge is 0.0626 e. The topological polar surface area (TPSA) is 24.4 Å². The number of nitrogens with zero attached hydrogens (tertiary/aromatic N) is 1. The van der Waals surface area contributed by atoms with Gasteiger partial charge in [-0.1, -0.05) is 62.4 Å². The zero-order chi connectivity index (χ0) is 16.8. The maximum Gasteiger partial charge on any atom is 0.0626 e. The van der Waals surface area contributed by atoms with Gasteiger partial charge in [0.15, 0.2) is 0 Å². The van der Waals surface area contributed by atoms with Crippen LogP contribution in [0.1, 0.15) is 27.7 Å². The van der Waals surface area contributed by atoms with Gasteiger partial charge in [0.25, 0.3) is 0 Å². The third-order valence-corrected chi connectivity index (χ3v) is 3.47. The van der Waals surface area contributed by atoms with Gasteiger partial charge in [0, 0.05) is 22.9 Å². The quantitative estimate of drug-likeness (QED) is 0.524. The highest BCUT2D eigenvalue weighted by molar-refractivity contribution is 5.71. The zero-order valence-corrected chi connectivity index (χ0v) is 14.5. The van der Waals surface area contributed by atoms with Crippen LogP contribution in [-0.4, -0.2) is 11.8 Å². The van der Waals surface area contributed by atoms with E-state index in [9.17, 15) is 0 Å². The van der Waals surface area contributed by atoms with Crippen LogP contribution >= 0.6 is 0 Å². The zero-order valence-electron chi connectivity index (χ0n) is 14.5. The SMILES string of the molecule is CC(C)(/C=C/C(C)(C)Nc1ccccc1)/C=N/c1ccccc1. The van der Waals surface area contributed by atoms with E-state index in [0.29, 0.717) is 0 Å². The highest BCUT2D eigenvalue weighted by atomic mass is 15.0. The van der Waals surface area contributed by atoms with Gasteiger partial charge in [-0.25, -0.2) is 0 Å². The molecule has 0 unspecified atom stereocenters. The molecule has 1 N–H and O–H groups in total. The van der Waals surface area contributed by atoms with Crippen molar-refractivity contribution in [1.29, 1.82) is 0 Å². The summed E-state index contributed by atoms with van der Waals surface area (Å²) >= 11 is 0. The van der Waals surface area contributed by atoms with Crippen molar-refractivity contribution in [3.05, 3.63) is 72.8 Å². The Morgan fingerprint density at radius 2 is 1.35 bits per heavy atom. The minimum atomic E-state index is -0.126. The van der Waals surface area contributed by atoms with Crippen LogP contribution in [0.25, 0.3) is 0 Å². The first-order valence-corrected chi connectivity index (χ1v) is 8.00. The summed E-state index contributed by atoms with van der Waals surface area (Å²) in [5.41, 5.74) is 1.87. The Balaban J connectivity index is 2.03. The Morgan fingerprint density at radius 1 is 0.783 bits per heavy atom. The minimum absolute atomic E-state index is 0.106. The Bertz CT molecular complexity index is 653. The summed E-state index contributed by atoms with van der Waals surface area (Å²) in [6.45, 7) is 8.66. The number of rotatable bonds is 6. The Kier molecular flexibility index (Phi) is 5.38. The van der Waals surface area contributed by atoms with Crippen molar-refractivity contribution in [2.75, 3.05) is 5.32 Å². The van der Waals surface area contributed by atoms with Crippen LogP contribution < -0.4 is 5.32 Å². The normalized spacial score (nSPS) is 12.9. The van der Waals surface area contributed by atoms with Crippen LogP contribution in [0.3, 0.4) is 0 Å². The largest absolute Gasteiger partial charge is 0.377 e. The molecule has 0 saturated carbocycles. The second-order valence-electron chi connectivity index (χ2n) is 6.96. The number of benzene rings is 2. The van der Waals surface area contributed by atoms with Gasteiger partial charge >= 0.3 is 0 Å². The molecule has 0 heterocycles. The Labute approximate surface area is 140 Å². The van der Waals surface area contributed by atoms with Crippen molar-refractivity contribution in [1.82, 2.24) is 0 Å². The van der Waals surface area contributed by atoms with E-state index in [0.717, 1.165) is 11.4 Å². The second kappa shape index (κ2) is 7.28. The van der Waals surface area contributed by atoms with Crippen molar-refractivity contribution in [2.24, 2.45) is 10.4 Å². The molecule has 0 fully saturated rings. The summed E-state index contributed by atoms with van der Waals surface area (Å²) in [6.07, 6.45) is 6.41. The molecule has 0 saturated heterocycles. The molecule has 0 amide bonds. The average molecular weight is 306 g/mol. The second-order valence-corrected chi connectivity index (χ2v) is 6.96. The molecule has 0 aliphatic carbocycles. The summed E-state index contributed by atoms with van der Waals surface area (Å²) in [7, 11) is 0. The van der Waals surface area contributed by atoms with E-state index in [-0.39, 0.29) is 11.0 Å². The average Bonchev–Trinajstić information content (AvgIpc) is 2.53. The van der Waals surface area contributed by atoms with Crippen LogP contribution in [0.4, 0.5) is 11.4 Å². The molecular weight excluding hydrogens is 280 g/mol. The van der Waals surface area contributed by atoms with Crippen molar-refractivity contribution < 1.29 is 0 Å². The predicted molar refractivity (Wildman–Crippen MR) is 102 cm³/mol. The van der Waals surface area contributed by atoms with E-state index in [1.807, 2.05) is 54.7 Å². The predicted octanol–water partition coefficient (Wildman–Crippen LogP) is 5.86. The first-order chi connectivity index (χ1) is 10.9. The standard InChI is InChI=1S/C21H26N2/c1-20(2,17-22-18-11-7-5-8-12-18)15-16-21(3,4)23-19-13-9-6-10-14-19/h5-17,23H,1-4H3/b16-15+,22-17+. The van der Waals surface area contributed by atoms with Crippen molar-refractivity contribution in [3.63, 3.8) is 0 Å². The van der Waals surface area contributed by atoms with Crippen molar-refractivity contribution in [2.45, 2.75) is 33.2 Å². The highest BCUT2D eigenvalue weighted by Crippen LogP contribution is 2.21. The molecule has 0 radical (unpaired) electrons. The van der Waals surface area contributed by atoms with E-state index in [4.69, 9.17) is 0 Å². The van der Waals surface area contributed by atoms with Gasteiger partial charge in [-0.3, -0.25) is 4.99 Å². The van der Waals surface area contributed by atoms with Gasteiger partial charge in [-0.2, -0.15) is 0 Å². The maximum absolute atomic E-state index is 4.57. The maximum atomic E-state index is 4.57. The molecule has 2 aromatic rings. The molecule has 23 heavy (non-hydrogen) atoms. The number of anilines is 1. The molecule has 0 aliphatic rings. The number of aliphatic imine (C=N–C) groups is 1. The van der Waals surface area contributed by atoms with Crippen LogP contribution in [0.5, 0.6) is 0 Å². The summed E-state index contributed by atoms with van der Waals surface area (Å²) in [5.74, 6) is 0. The van der Waals surface area contributed by atoms with E-state index < -0.39 is 0 Å². The molecule has 0 aliphatic heterocycles. The lowest BCUT2D eigenvalue weighted by Crippen LogP contribution is -2.28. The number of allylic oxidation sites excluding steroid dienone is 1. The molecule has 0 bridgehead atoms. The van der Waals surface area contributed by atoms with Crippen LogP contribution in [0.2, 0.25) is 0 Å². The lowest BCUT2D eigenvalue weighted by atomic mass is 9.91. The van der Waals surface area contributed by atoms with Crippen molar-refractivity contribution >= 4 is 17.6 Å². The Hall–Kier alpha value is -2.35. The van der Waals surface area contributed by atoms with Gasteiger partial charge in [-0.05, 0) is 38.1 Å². The molecule has 2 rings (SSSR count). The third kappa shape index (κ3) is 6.11. The highest BCUT2D eigenvalue weighted by Gasteiger charge is 2.16. The van der Waals surface area contributed by atoms with Gasteiger partial charge < -0.3 is 5.32 Å². The molecule has 2 heteroatoms. The number of hydrogen-bond donors (Lipinski definition) is 1. The fraction of sp³-hybridized carbons (Fsp3) is 0.286. The van der Waals surface area contributed by atoms with E-state index in [2.05, 4.69) is 62.3 Å². The minimum Gasteiger partial charge on any atom is -0.377 e. The molecular formula is C21H26N2. The first-order valence-electron chi connectivity index (χ1n) is 8.00. The summed E-state index contributed by atoms with van der Waals surface area (Å²) in [6, 6.07) is 20.3. The molecule has 0 aromatic heterocycles. The summed E-state index contributed by atoms with van der Waals surface area (Å²) < 4.78 is 0. The third-order valence-electron chi connectivity index (χ3n) is 3.47. The molecule has 0 atom stereocenters. The van der Waals surface area contributed by atoms with Crippen LogP contribution in [0.15, 0.2) is 77.8 Å². The molecule has 2 aromatic carbocycles. The van der Waals surface area contributed by atoms with Gasteiger partial charge in [-0.15, -0.1) is 0 Å². The van der Waals surface area contributed by atoms with Gasteiger partial charge in [0.2, 0.25) is 0 Å². The molecule has 0 spiro atoms. The van der Waals surface area contributed by atoms with E-state index in [1.165, 1.54) is 0 Å². The molecule has 2 nitrogen and oxygen atoms in total. The van der Waals surface area contributed by atoms with Crippen LogP contribution in [-0.2, 0) is 0 Å². The fourth-order valence-electron chi connectivity index (χ4n) is 2.16. The van der Waals surface area contributed by atoms with E-state index >= 15 is 0 Å². The van der Waals surface area contributed by atoms with Crippen LogP contribution in [0, 0.1) is 5.41 Å². The lowest BCUT2D eigenvalue weighted by Gasteiger charge is -2.25. The summed E-state index contributed by atoms with van der Waals surface area (Å²) in [5, 5.41) is 3.53.